The fraction of sp³-hybridized carbons (Fsp3) is 0.263. The number of hydrogen-bond acceptors (Lipinski definition) is 5. The van der Waals surface area contributed by atoms with Gasteiger partial charge in [-0.1, -0.05) is 18.2 Å². The number of rotatable bonds is 7. The van der Waals surface area contributed by atoms with E-state index in [1.165, 1.54) is 0 Å². The van der Waals surface area contributed by atoms with Crippen molar-refractivity contribution in [2.75, 3.05) is 6.54 Å². The predicted octanol–water partition coefficient (Wildman–Crippen LogP) is 2.66. The Hall–Kier alpha value is -3.38. The first kappa shape index (κ1) is 18.0. The predicted molar refractivity (Wildman–Crippen MR) is 91.1 cm³/mol. The molecule has 0 bridgehead atoms. The van der Waals surface area contributed by atoms with Gasteiger partial charge in [0, 0.05) is 25.5 Å². The van der Waals surface area contributed by atoms with E-state index in [2.05, 4.69) is 11.1 Å². The summed E-state index contributed by atoms with van der Waals surface area (Å²) < 4.78 is 5.68. The maximum Gasteiger partial charge on any atom is 0.263 e. The van der Waals surface area contributed by atoms with Crippen LogP contribution in [-0.2, 0) is 11.3 Å². The van der Waals surface area contributed by atoms with Crippen molar-refractivity contribution in [3.8, 4) is 17.9 Å². The van der Waals surface area contributed by atoms with Crippen molar-refractivity contribution in [3.05, 3.63) is 59.9 Å². The molecule has 0 radical (unpaired) electrons. The first-order valence-corrected chi connectivity index (χ1v) is 7.86. The van der Waals surface area contributed by atoms with Gasteiger partial charge in [-0.3, -0.25) is 9.78 Å². The average Bonchev–Trinajstić information content (AvgIpc) is 2.65. The van der Waals surface area contributed by atoms with Gasteiger partial charge in [0.15, 0.2) is 6.10 Å². The Morgan fingerprint density at radius 1 is 1.28 bits per heavy atom. The molecule has 2 rings (SSSR count). The van der Waals surface area contributed by atoms with E-state index in [0.717, 1.165) is 5.56 Å². The highest BCUT2D eigenvalue weighted by molar-refractivity contribution is 5.81. The molecule has 0 spiro atoms. The van der Waals surface area contributed by atoms with Crippen LogP contribution in [-0.4, -0.2) is 28.4 Å². The van der Waals surface area contributed by atoms with Crippen molar-refractivity contribution in [2.24, 2.45) is 0 Å². The zero-order valence-corrected chi connectivity index (χ0v) is 13.9. The van der Waals surface area contributed by atoms with Crippen molar-refractivity contribution in [2.45, 2.75) is 26.0 Å². The molecule has 6 nitrogen and oxygen atoms in total. The number of para-hydroxylation sites is 1. The van der Waals surface area contributed by atoms with Gasteiger partial charge in [-0.2, -0.15) is 10.5 Å². The van der Waals surface area contributed by atoms with E-state index in [-0.39, 0.29) is 12.3 Å². The summed E-state index contributed by atoms with van der Waals surface area (Å²) in [6.07, 6.45) is 2.80. The molecule has 0 unspecified atom stereocenters. The van der Waals surface area contributed by atoms with Gasteiger partial charge in [0.2, 0.25) is 0 Å². The molecule has 0 N–H and O–H groups in total. The van der Waals surface area contributed by atoms with E-state index >= 15 is 0 Å². The van der Waals surface area contributed by atoms with Gasteiger partial charge >= 0.3 is 0 Å². The van der Waals surface area contributed by atoms with E-state index in [1.54, 1.807) is 54.5 Å². The summed E-state index contributed by atoms with van der Waals surface area (Å²) in [5.74, 6) is 0.124. The molecule has 0 saturated heterocycles. The molecule has 1 atom stereocenters. The van der Waals surface area contributed by atoms with Crippen LogP contribution in [0.3, 0.4) is 0 Å². The number of nitriles is 2. The quantitative estimate of drug-likeness (QED) is 0.776. The first-order chi connectivity index (χ1) is 12.2. The standard InChI is InChI=1S/C19H18N4O2/c1-15(25-18-8-3-2-7-17(18)12-21)19(24)23(11-5-9-20)14-16-6-4-10-22-13-16/h2-4,6-8,10,13,15H,5,11,14H2,1H3/t15-/m0/s1. The highest BCUT2D eigenvalue weighted by Gasteiger charge is 2.23. The van der Waals surface area contributed by atoms with Gasteiger partial charge in [0.25, 0.3) is 5.91 Å². The highest BCUT2D eigenvalue weighted by atomic mass is 16.5. The Morgan fingerprint density at radius 3 is 2.76 bits per heavy atom. The molecule has 0 aliphatic rings. The van der Waals surface area contributed by atoms with Crippen LogP contribution < -0.4 is 4.74 Å². The minimum Gasteiger partial charge on any atom is -0.480 e. The largest absolute Gasteiger partial charge is 0.480 e. The molecule has 0 fully saturated rings. The number of carbonyl (C=O) groups is 1. The second kappa shape index (κ2) is 9.05. The number of hydrogen-bond donors (Lipinski definition) is 0. The molecule has 1 heterocycles. The molecular formula is C19H18N4O2. The zero-order chi connectivity index (χ0) is 18.1. The molecule has 0 aliphatic heterocycles. The fourth-order valence-electron chi connectivity index (χ4n) is 2.32. The molecule has 25 heavy (non-hydrogen) atoms. The lowest BCUT2D eigenvalue weighted by Gasteiger charge is -2.25. The number of benzene rings is 1. The van der Waals surface area contributed by atoms with Crippen LogP contribution in [0.1, 0.15) is 24.5 Å². The van der Waals surface area contributed by atoms with Crippen LogP contribution in [0.5, 0.6) is 5.75 Å². The van der Waals surface area contributed by atoms with Crippen LogP contribution in [0.25, 0.3) is 0 Å². The molecule has 1 aromatic heterocycles. The third-order valence-corrected chi connectivity index (χ3v) is 3.56. The number of aromatic nitrogens is 1. The van der Waals surface area contributed by atoms with Crippen molar-refractivity contribution in [1.82, 2.24) is 9.88 Å². The summed E-state index contributed by atoms with van der Waals surface area (Å²) >= 11 is 0. The SMILES string of the molecule is C[C@H](Oc1ccccc1C#N)C(=O)N(CCC#N)Cc1cccnc1. The van der Waals surface area contributed by atoms with Crippen molar-refractivity contribution in [1.29, 1.82) is 10.5 Å². The summed E-state index contributed by atoms with van der Waals surface area (Å²) in [4.78, 5) is 18.4. The van der Waals surface area contributed by atoms with E-state index in [0.29, 0.717) is 24.4 Å². The number of nitrogens with zero attached hydrogens (tertiary/aromatic N) is 4. The molecule has 1 amide bonds. The smallest absolute Gasteiger partial charge is 0.263 e. The third-order valence-electron chi connectivity index (χ3n) is 3.56. The Bertz CT molecular complexity index is 793. The van der Waals surface area contributed by atoms with E-state index < -0.39 is 6.10 Å². The minimum absolute atomic E-state index is 0.230. The van der Waals surface area contributed by atoms with Crippen molar-refractivity contribution >= 4 is 5.91 Å². The summed E-state index contributed by atoms with van der Waals surface area (Å²) in [5.41, 5.74) is 1.25. The Morgan fingerprint density at radius 2 is 2.08 bits per heavy atom. The fourth-order valence-corrected chi connectivity index (χ4v) is 2.32. The normalized spacial score (nSPS) is 11.0. The van der Waals surface area contributed by atoms with Crippen LogP contribution in [0.4, 0.5) is 0 Å². The number of carbonyl (C=O) groups excluding carboxylic acids is 1. The maximum atomic E-state index is 12.7. The minimum atomic E-state index is -0.773. The number of pyridine rings is 1. The van der Waals surface area contributed by atoms with Gasteiger partial charge < -0.3 is 9.64 Å². The van der Waals surface area contributed by atoms with Gasteiger partial charge in [0.05, 0.1) is 18.1 Å². The van der Waals surface area contributed by atoms with Crippen LogP contribution in [0.15, 0.2) is 48.8 Å². The molecule has 126 valence electrons. The lowest BCUT2D eigenvalue weighted by molar-refractivity contribution is -0.138. The first-order valence-electron chi connectivity index (χ1n) is 7.86. The number of amides is 1. The van der Waals surface area contributed by atoms with Gasteiger partial charge in [-0.15, -0.1) is 0 Å². The molecule has 0 aliphatic carbocycles. The monoisotopic (exact) mass is 334 g/mol. The summed E-state index contributed by atoms with van der Waals surface area (Å²) in [5, 5.41) is 18.0. The lowest BCUT2D eigenvalue weighted by atomic mass is 10.2. The Balaban J connectivity index is 2.12. The molecule has 0 saturated carbocycles. The van der Waals surface area contributed by atoms with Gasteiger partial charge in [0.1, 0.15) is 11.8 Å². The molecule has 6 heteroatoms. The summed E-state index contributed by atoms with van der Waals surface area (Å²) in [7, 11) is 0. The van der Waals surface area contributed by atoms with Crippen LogP contribution >= 0.6 is 0 Å². The lowest BCUT2D eigenvalue weighted by Crippen LogP contribution is -2.40. The molecule has 2 aromatic rings. The second-order valence-electron chi connectivity index (χ2n) is 5.40. The van der Waals surface area contributed by atoms with Gasteiger partial charge in [-0.25, -0.2) is 0 Å². The topological polar surface area (TPSA) is 90.0 Å². The average molecular weight is 334 g/mol. The van der Waals surface area contributed by atoms with Crippen molar-refractivity contribution < 1.29 is 9.53 Å². The van der Waals surface area contributed by atoms with Crippen molar-refractivity contribution in [3.63, 3.8) is 0 Å². The Kier molecular flexibility index (Phi) is 6.50. The van der Waals surface area contributed by atoms with E-state index in [1.807, 2.05) is 12.1 Å². The Labute approximate surface area is 146 Å². The maximum absolute atomic E-state index is 12.7. The van der Waals surface area contributed by atoms with Crippen LogP contribution in [0.2, 0.25) is 0 Å². The molecular weight excluding hydrogens is 316 g/mol. The second-order valence-corrected chi connectivity index (χ2v) is 5.40. The number of ether oxygens (including phenoxy) is 1. The van der Waals surface area contributed by atoms with Crippen LogP contribution in [0, 0.1) is 22.7 Å². The molecule has 1 aromatic carbocycles. The highest BCUT2D eigenvalue weighted by Crippen LogP contribution is 2.19. The van der Waals surface area contributed by atoms with E-state index in [9.17, 15) is 4.79 Å². The summed E-state index contributed by atoms with van der Waals surface area (Å²) in [6.45, 7) is 2.29. The van der Waals surface area contributed by atoms with Gasteiger partial charge in [-0.05, 0) is 30.7 Å². The third kappa shape index (κ3) is 5.05. The van der Waals surface area contributed by atoms with E-state index in [4.69, 9.17) is 15.3 Å². The zero-order valence-electron chi connectivity index (χ0n) is 13.9. The summed E-state index contributed by atoms with van der Waals surface area (Å²) in [6, 6.07) is 14.5.